The van der Waals surface area contributed by atoms with Crippen molar-refractivity contribution in [2.45, 2.75) is 32.1 Å². The van der Waals surface area contributed by atoms with Gasteiger partial charge in [-0.1, -0.05) is 12.1 Å². The Kier molecular flexibility index (Phi) is 7.90. The van der Waals surface area contributed by atoms with Crippen LogP contribution in [0.25, 0.3) is 0 Å². The molecular weight excluding hydrogens is 352 g/mol. The van der Waals surface area contributed by atoms with Gasteiger partial charge in [-0.25, -0.2) is 8.42 Å². The van der Waals surface area contributed by atoms with Crippen LogP contribution in [0.5, 0.6) is 5.75 Å². The number of primary amides is 1. The summed E-state index contributed by atoms with van der Waals surface area (Å²) in [6.45, 7) is 2.43. The van der Waals surface area contributed by atoms with Crippen molar-refractivity contribution < 1.29 is 17.9 Å². The number of likely N-dealkylation sites (tertiary alicyclic amines) is 1. The molecule has 26 heavy (non-hydrogen) atoms. The van der Waals surface area contributed by atoms with Gasteiger partial charge in [0.2, 0.25) is 5.91 Å². The van der Waals surface area contributed by atoms with Gasteiger partial charge in [-0.15, -0.1) is 0 Å². The molecule has 0 unspecified atom stereocenters. The first-order valence-electron chi connectivity index (χ1n) is 9.22. The van der Waals surface area contributed by atoms with Crippen LogP contribution in [-0.2, 0) is 21.1 Å². The van der Waals surface area contributed by atoms with Gasteiger partial charge in [-0.3, -0.25) is 4.79 Å². The van der Waals surface area contributed by atoms with Crippen LogP contribution in [0.3, 0.4) is 0 Å². The number of nitrogens with two attached hydrogens (primary N) is 1. The van der Waals surface area contributed by atoms with Crippen LogP contribution in [0, 0.1) is 5.92 Å². The van der Waals surface area contributed by atoms with E-state index in [1.165, 1.54) is 5.56 Å². The lowest BCUT2D eigenvalue weighted by atomic mass is 9.90. The van der Waals surface area contributed by atoms with Gasteiger partial charge in [-0.05, 0) is 62.4 Å². The zero-order chi connectivity index (χ0) is 19.0. The summed E-state index contributed by atoms with van der Waals surface area (Å²) in [7, 11) is -1.52. The molecule has 146 valence electrons. The predicted octanol–water partition coefficient (Wildman–Crippen LogP) is 1.63. The van der Waals surface area contributed by atoms with Crippen molar-refractivity contribution in [2.75, 3.05) is 38.2 Å². The first kappa shape index (κ1) is 20.7. The highest BCUT2D eigenvalue weighted by molar-refractivity contribution is 7.91. The molecule has 2 rings (SSSR count). The van der Waals surface area contributed by atoms with Crippen molar-refractivity contribution in [3.8, 4) is 5.75 Å². The zero-order valence-corrected chi connectivity index (χ0v) is 16.3. The number of aryl methyl sites for hydroxylation is 1. The Bertz CT molecular complexity index is 665. The molecule has 0 aromatic heterocycles. The van der Waals surface area contributed by atoms with Gasteiger partial charge < -0.3 is 15.4 Å². The fourth-order valence-corrected chi connectivity index (χ4v) is 4.54. The third-order valence-corrected chi connectivity index (χ3v) is 6.72. The van der Waals surface area contributed by atoms with E-state index in [0.717, 1.165) is 44.5 Å². The standard InChI is InChI=1S/C19H30N2O4S/c1-25-18-6-4-16(5-7-18)2-3-17-8-11-21(12-9-17)13-15-26(23,24)14-10-19(20)22/h4-7,17H,2-3,8-15H2,1H3,(H2,20,22). The minimum Gasteiger partial charge on any atom is -0.497 e. The Labute approximate surface area is 156 Å². The smallest absolute Gasteiger partial charge is 0.218 e. The summed E-state index contributed by atoms with van der Waals surface area (Å²) >= 11 is 0. The van der Waals surface area contributed by atoms with Gasteiger partial charge in [0.1, 0.15) is 5.75 Å². The summed E-state index contributed by atoms with van der Waals surface area (Å²) in [5.41, 5.74) is 6.35. The lowest BCUT2D eigenvalue weighted by molar-refractivity contribution is -0.117. The van der Waals surface area contributed by atoms with Gasteiger partial charge in [0.05, 0.1) is 18.6 Å². The van der Waals surface area contributed by atoms with Crippen LogP contribution in [-0.4, -0.2) is 57.5 Å². The molecule has 1 saturated heterocycles. The molecule has 7 heteroatoms. The molecule has 1 aliphatic rings. The summed E-state index contributed by atoms with van der Waals surface area (Å²) in [4.78, 5) is 12.9. The van der Waals surface area contributed by atoms with E-state index in [2.05, 4.69) is 17.0 Å². The Morgan fingerprint density at radius 3 is 2.42 bits per heavy atom. The van der Waals surface area contributed by atoms with Gasteiger partial charge in [0.25, 0.3) is 0 Å². The third kappa shape index (κ3) is 7.33. The predicted molar refractivity (Wildman–Crippen MR) is 103 cm³/mol. The number of piperidine rings is 1. The maximum Gasteiger partial charge on any atom is 0.218 e. The minimum atomic E-state index is -3.19. The average Bonchev–Trinajstić information content (AvgIpc) is 2.64. The second-order valence-corrected chi connectivity index (χ2v) is 9.34. The van der Waals surface area contributed by atoms with Crippen molar-refractivity contribution >= 4 is 15.7 Å². The Hall–Kier alpha value is -1.60. The van der Waals surface area contributed by atoms with Crippen LogP contribution >= 0.6 is 0 Å². The Morgan fingerprint density at radius 1 is 1.19 bits per heavy atom. The summed E-state index contributed by atoms with van der Waals surface area (Å²) in [6, 6.07) is 8.23. The van der Waals surface area contributed by atoms with E-state index in [9.17, 15) is 13.2 Å². The van der Waals surface area contributed by atoms with E-state index in [-0.39, 0.29) is 17.9 Å². The lowest BCUT2D eigenvalue weighted by Crippen LogP contribution is -2.37. The van der Waals surface area contributed by atoms with Crippen molar-refractivity contribution in [3.63, 3.8) is 0 Å². The maximum atomic E-state index is 11.9. The number of ether oxygens (including phenoxy) is 1. The summed E-state index contributed by atoms with van der Waals surface area (Å²) in [5, 5.41) is 0. The van der Waals surface area contributed by atoms with E-state index in [1.807, 2.05) is 12.1 Å². The molecule has 0 bridgehead atoms. The highest BCUT2D eigenvalue weighted by Gasteiger charge is 2.21. The molecule has 1 aliphatic heterocycles. The summed E-state index contributed by atoms with van der Waals surface area (Å²) < 4.78 is 29.0. The van der Waals surface area contributed by atoms with Crippen molar-refractivity contribution in [1.29, 1.82) is 0 Å². The summed E-state index contributed by atoms with van der Waals surface area (Å²) in [5.74, 6) is 0.983. The number of hydrogen-bond donors (Lipinski definition) is 1. The number of carbonyl (C=O) groups excluding carboxylic acids is 1. The monoisotopic (exact) mass is 382 g/mol. The van der Waals surface area contributed by atoms with E-state index >= 15 is 0 Å². The molecule has 1 aromatic carbocycles. The number of sulfone groups is 1. The van der Waals surface area contributed by atoms with Crippen LogP contribution < -0.4 is 10.5 Å². The molecule has 1 fully saturated rings. The molecule has 6 nitrogen and oxygen atoms in total. The molecule has 0 atom stereocenters. The summed E-state index contributed by atoms with van der Waals surface area (Å²) in [6.07, 6.45) is 4.36. The zero-order valence-electron chi connectivity index (χ0n) is 15.5. The van der Waals surface area contributed by atoms with E-state index in [1.54, 1.807) is 7.11 Å². The maximum absolute atomic E-state index is 11.9. The van der Waals surface area contributed by atoms with E-state index in [0.29, 0.717) is 12.5 Å². The molecular formula is C19H30N2O4S. The number of rotatable bonds is 10. The van der Waals surface area contributed by atoms with Crippen molar-refractivity contribution in [3.05, 3.63) is 29.8 Å². The SMILES string of the molecule is COc1ccc(CCC2CCN(CCS(=O)(=O)CCC(N)=O)CC2)cc1. The molecule has 1 heterocycles. The van der Waals surface area contributed by atoms with Crippen molar-refractivity contribution in [2.24, 2.45) is 11.7 Å². The number of carbonyl (C=O) groups is 1. The number of hydrogen-bond acceptors (Lipinski definition) is 5. The number of benzene rings is 1. The van der Waals surface area contributed by atoms with Gasteiger partial charge in [-0.2, -0.15) is 0 Å². The highest BCUT2D eigenvalue weighted by atomic mass is 32.2. The second kappa shape index (κ2) is 9.92. The fourth-order valence-electron chi connectivity index (χ4n) is 3.29. The molecule has 0 spiro atoms. The quantitative estimate of drug-likeness (QED) is 0.664. The van der Waals surface area contributed by atoms with Gasteiger partial charge >= 0.3 is 0 Å². The topological polar surface area (TPSA) is 89.7 Å². The normalized spacial score (nSPS) is 16.5. The molecule has 1 amide bonds. The molecule has 0 saturated carbocycles. The molecule has 2 N–H and O–H groups in total. The largest absolute Gasteiger partial charge is 0.497 e. The average molecular weight is 383 g/mol. The highest BCUT2D eigenvalue weighted by Crippen LogP contribution is 2.23. The fraction of sp³-hybridized carbons (Fsp3) is 0.632. The Morgan fingerprint density at radius 2 is 1.85 bits per heavy atom. The molecule has 0 aliphatic carbocycles. The van der Waals surface area contributed by atoms with Crippen LogP contribution in [0.2, 0.25) is 0 Å². The molecule has 1 aromatic rings. The number of methoxy groups -OCH3 is 1. The van der Waals surface area contributed by atoms with Crippen LogP contribution in [0.1, 0.15) is 31.2 Å². The van der Waals surface area contributed by atoms with Crippen molar-refractivity contribution in [1.82, 2.24) is 4.90 Å². The third-order valence-electron chi connectivity index (χ3n) is 5.09. The first-order valence-corrected chi connectivity index (χ1v) is 11.0. The lowest BCUT2D eigenvalue weighted by Gasteiger charge is -2.31. The first-order chi connectivity index (χ1) is 12.4. The second-order valence-electron chi connectivity index (χ2n) is 7.04. The number of nitrogens with zero attached hydrogens (tertiary/aromatic N) is 1. The van der Waals surface area contributed by atoms with E-state index < -0.39 is 15.7 Å². The van der Waals surface area contributed by atoms with Crippen LogP contribution in [0.15, 0.2) is 24.3 Å². The van der Waals surface area contributed by atoms with Gasteiger partial charge in [0.15, 0.2) is 9.84 Å². The van der Waals surface area contributed by atoms with E-state index in [4.69, 9.17) is 10.5 Å². The van der Waals surface area contributed by atoms with Gasteiger partial charge in [0, 0.05) is 13.0 Å². The minimum absolute atomic E-state index is 0.0875. The number of amides is 1. The van der Waals surface area contributed by atoms with Crippen LogP contribution in [0.4, 0.5) is 0 Å². The molecule has 0 radical (unpaired) electrons. The Balaban J connectivity index is 1.66.